The van der Waals surface area contributed by atoms with Crippen molar-refractivity contribution >= 4 is 11.9 Å². The molecule has 6 nitrogen and oxygen atoms in total. The Morgan fingerprint density at radius 2 is 2.18 bits per heavy atom. The smallest absolute Gasteiger partial charge is 0.328 e. The maximum Gasteiger partial charge on any atom is 0.328 e. The highest BCUT2D eigenvalue weighted by Crippen LogP contribution is 2.06. The van der Waals surface area contributed by atoms with Gasteiger partial charge in [0.05, 0.1) is 20.3 Å². The summed E-state index contributed by atoms with van der Waals surface area (Å²) in [6, 6.07) is 8.85. The molecular weight excluding hydrogens is 284 g/mol. The molecular formula is C16H22N2O4. The molecule has 1 aromatic carbocycles. The molecule has 1 aliphatic heterocycles. The lowest BCUT2D eigenvalue weighted by Gasteiger charge is -2.24. The molecule has 6 heteroatoms. The molecule has 2 rings (SSSR count). The summed E-state index contributed by atoms with van der Waals surface area (Å²) in [6.45, 7) is 1.91. The van der Waals surface area contributed by atoms with Crippen LogP contribution in [0.2, 0.25) is 0 Å². The summed E-state index contributed by atoms with van der Waals surface area (Å²) in [5, 5.41) is 5.97. The minimum Gasteiger partial charge on any atom is -0.467 e. The zero-order chi connectivity index (χ0) is 15.8. The summed E-state index contributed by atoms with van der Waals surface area (Å²) in [5.74, 6) is -0.626. The standard InChI is InChI=1S/C16H22N2O4/c1-21-16(20)14(9-12-5-3-2-4-6-12)18-15(19)10-13-11-22-8-7-17-13/h2-6,13-14,17H,7-11H2,1H3,(H,18,19). The molecule has 1 aromatic rings. The number of benzene rings is 1. The van der Waals surface area contributed by atoms with Gasteiger partial charge in [-0.25, -0.2) is 4.79 Å². The lowest BCUT2D eigenvalue weighted by molar-refractivity contribution is -0.145. The van der Waals surface area contributed by atoms with E-state index in [2.05, 4.69) is 10.6 Å². The third-order valence-corrected chi connectivity index (χ3v) is 3.53. The van der Waals surface area contributed by atoms with Gasteiger partial charge in [-0.2, -0.15) is 0 Å². The van der Waals surface area contributed by atoms with Gasteiger partial charge >= 0.3 is 5.97 Å². The number of amides is 1. The van der Waals surface area contributed by atoms with Crippen molar-refractivity contribution in [2.24, 2.45) is 0 Å². The SMILES string of the molecule is COC(=O)C(Cc1ccccc1)NC(=O)CC1COCCN1. The number of esters is 1. The summed E-state index contributed by atoms with van der Waals surface area (Å²) in [6.07, 6.45) is 0.691. The van der Waals surface area contributed by atoms with Crippen LogP contribution in [0.1, 0.15) is 12.0 Å². The van der Waals surface area contributed by atoms with E-state index < -0.39 is 12.0 Å². The van der Waals surface area contributed by atoms with Gasteiger partial charge in [-0.3, -0.25) is 4.79 Å². The van der Waals surface area contributed by atoms with Crippen LogP contribution in [0.5, 0.6) is 0 Å². The van der Waals surface area contributed by atoms with Gasteiger partial charge in [-0.05, 0) is 5.56 Å². The first-order chi connectivity index (χ1) is 10.7. The van der Waals surface area contributed by atoms with E-state index in [9.17, 15) is 9.59 Å². The molecule has 0 bridgehead atoms. The molecule has 0 radical (unpaired) electrons. The highest BCUT2D eigenvalue weighted by molar-refractivity contribution is 5.84. The van der Waals surface area contributed by atoms with Crippen LogP contribution >= 0.6 is 0 Å². The number of carbonyl (C=O) groups excluding carboxylic acids is 2. The number of nitrogens with one attached hydrogen (secondary N) is 2. The van der Waals surface area contributed by atoms with Crippen molar-refractivity contribution in [2.45, 2.75) is 24.9 Å². The second-order valence-corrected chi connectivity index (χ2v) is 5.26. The van der Waals surface area contributed by atoms with E-state index in [0.717, 1.165) is 12.1 Å². The number of ether oxygens (including phenoxy) is 2. The van der Waals surface area contributed by atoms with Crippen LogP contribution in [0.25, 0.3) is 0 Å². The van der Waals surface area contributed by atoms with Crippen LogP contribution in [0, 0.1) is 0 Å². The number of methoxy groups -OCH3 is 1. The molecule has 1 amide bonds. The average Bonchev–Trinajstić information content (AvgIpc) is 2.55. The molecule has 1 fully saturated rings. The summed E-state index contributed by atoms with van der Waals surface area (Å²) in [7, 11) is 1.32. The maximum absolute atomic E-state index is 12.1. The second kappa shape index (κ2) is 8.51. The van der Waals surface area contributed by atoms with Crippen molar-refractivity contribution in [1.82, 2.24) is 10.6 Å². The molecule has 120 valence electrons. The monoisotopic (exact) mass is 306 g/mol. The van der Waals surface area contributed by atoms with Gasteiger partial charge < -0.3 is 20.1 Å². The molecule has 0 aromatic heterocycles. The molecule has 0 saturated carbocycles. The van der Waals surface area contributed by atoms with E-state index in [1.165, 1.54) is 7.11 Å². The summed E-state index contributed by atoms with van der Waals surface area (Å²) in [4.78, 5) is 24.0. The largest absolute Gasteiger partial charge is 0.467 e. The van der Waals surface area contributed by atoms with Crippen LogP contribution in [-0.2, 0) is 25.5 Å². The van der Waals surface area contributed by atoms with Gasteiger partial charge in [-0.15, -0.1) is 0 Å². The van der Waals surface area contributed by atoms with Gasteiger partial charge in [0.15, 0.2) is 0 Å². The zero-order valence-electron chi connectivity index (χ0n) is 12.7. The van der Waals surface area contributed by atoms with Gasteiger partial charge in [0.2, 0.25) is 5.91 Å². The normalized spacial score (nSPS) is 19.2. The van der Waals surface area contributed by atoms with Crippen LogP contribution in [0.3, 0.4) is 0 Å². The van der Waals surface area contributed by atoms with Crippen LogP contribution in [0.15, 0.2) is 30.3 Å². The Morgan fingerprint density at radius 3 is 2.82 bits per heavy atom. The molecule has 1 saturated heterocycles. The molecule has 2 atom stereocenters. The Kier molecular flexibility index (Phi) is 6.36. The van der Waals surface area contributed by atoms with E-state index in [1.54, 1.807) is 0 Å². The third kappa shape index (κ3) is 5.13. The highest BCUT2D eigenvalue weighted by atomic mass is 16.5. The number of carbonyl (C=O) groups is 2. The van der Waals surface area contributed by atoms with Crippen molar-refractivity contribution in [3.63, 3.8) is 0 Å². The van der Waals surface area contributed by atoms with E-state index in [4.69, 9.17) is 9.47 Å². The summed E-state index contributed by atoms with van der Waals surface area (Å²) >= 11 is 0. The van der Waals surface area contributed by atoms with Gasteiger partial charge in [0, 0.05) is 25.4 Å². The predicted octanol–water partition coefficient (Wildman–Crippen LogP) is 0.265. The lowest BCUT2D eigenvalue weighted by atomic mass is 10.1. The first-order valence-electron chi connectivity index (χ1n) is 7.41. The fraction of sp³-hybridized carbons (Fsp3) is 0.500. The Balaban J connectivity index is 1.91. The number of morpholine rings is 1. The fourth-order valence-corrected chi connectivity index (χ4v) is 2.41. The number of hydrogen-bond donors (Lipinski definition) is 2. The molecule has 2 N–H and O–H groups in total. The molecule has 1 aliphatic rings. The van der Waals surface area contributed by atoms with Crippen molar-refractivity contribution in [2.75, 3.05) is 26.9 Å². The minimum atomic E-state index is -0.676. The number of hydrogen-bond acceptors (Lipinski definition) is 5. The van der Waals surface area contributed by atoms with E-state index >= 15 is 0 Å². The highest BCUT2D eigenvalue weighted by Gasteiger charge is 2.24. The molecule has 22 heavy (non-hydrogen) atoms. The predicted molar refractivity (Wildman–Crippen MR) is 81.3 cm³/mol. The summed E-state index contributed by atoms with van der Waals surface area (Å²) < 4.78 is 10.1. The maximum atomic E-state index is 12.1. The van der Waals surface area contributed by atoms with E-state index in [0.29, 0.717) is 19.6 Å². The zero-order valence-corrected chi connectivity index (χ0v) is 12.7. The van der Waals surface area contributed by atoms with Crippen molar-refractivity contribution < 1.29 is 19.1 Å². The van der Waals surface area contributed by atoms with Crippen LogP contribution in [0.4, 0.5) is 0 Å². The Morgan fingerprint density at radius 1 is 1.41 bits per heavy atom. The third-order valence-electron chi connectivity index (χ3n) is 3.53. The van der Waals surface area contributed by atoms with Crippen molar-refractivity contribution in [3.05, 3.63) is 35.9 Å². The minimum absolute atomic E-state index is 0.0104. The Labute approximate surface area is 130 Å². The first kappa shape index (κ1) is 16.5. The molecule has 0 aliphatic carbocycles. The first-order valence-corrected chi connectivity index (χ1v) is 7.41. The lowest BCUT2D eigenvalue weighted by Crippen LogP contribution is -2.48. The quantitative estimate of drug-likeness (QED) is 0.738. The topological polar surface area (TPSA) is 76.7 Å². The Hall–Kier alpha value is -1.92. The van der Waals surface area contributed by atoms with E-state index in [-0.39, 0.29) is 18.4 Å². The van der Waals surface area contributed by atoms with Crippen LogP contribution in [-0.4, -0.2) is 50.8 Å². The van der Waals surface area contributed by atoms with Crippen LogP contribution < -0.4 is 10.6 Å². The average molecular weight is 306 g/mol. The number of rotatable bonds is 6. The van der Waals surface area contributed by atoms with Gasteiger partial charge in [0.1, 0.15) is 6.04 Å². The fourth-order valence-electron chi connectivity index (χ4n) is 2.41. The van der Waals surface area contributed by atoms with Crippen molar-refractivity contribution in [3.8, 4) is 0 Å². The van der Waals surface area contributed by atoms with Gasteiger partial charge in [0.25, 0.3) is 0 Å². The second-order valence-electron chi connectivity index (χ2n) is 5.26. The molecule has 0 spiro atoms. The summed E-state index contributed by atoms with van der Waals surface area (Å²) in [5.41, 5.74) is 0.970. The van der Waals surface area contributed by atoms with Gasteiger partial charge in [-0.1, -0.05) is 30.3 Å². The molecule has 1 heterocycles. The Bertz CT molecular complexity index is 486. The van der Waals surface area contributed by atoms with E-state index in [1.807, 2.05) is 30.3 Å². The van der Waals surface area contributed by atoms with Crippen molar-refractivity contribution in [1.29, 1.82) is 0 Å². The molecule has 2 unspecified atom stereocenters.